The number of methoxy groups -OCH3 is 1. The van der Waals surface area contributed by atoms with Crippen LogP contribution in [-0.2, 0) is 9.59 Å². The lowest BCUT2D eigenvalue weighted by molar-refractivity contribution is -0.145. The third-order valence-electron chi connectivity index (χ3n) is 4.57. The van der Waals surface area contributed by atoms with Gasteiger partial charge in [0.1, 0.15) is 5.54 Å². The quantitative estimate of drug-likeness (QED) is 0.603. The molecule has 2 amide bonds. The van der Waals surface area contributed by atoms with Crippen molar-refractivity contribution in [2.75, 3.05) is 13.7 Å². The normalized spacial score (nSPS) is 16.1. The second-order valence-electron chi connectivity index (χ2n) is 6.50. The first-order valence-electron chi connectivity index (χ1n) is 8.63. The van der Waals surface area contributed by atoms with Gasteiger partial charge in [-0.25, -0.2) is 4.79 Å². The molecule has 1 aromatic rings. The molecule has 0 aromatic heterocycles. The molecule has 1 aromatic carbocycles. The Bertz CT molecular complexity index is 729. The topological polar surface area (TPSA) is 128 Å². The number of nitrogens with one attached hydrogen (secondary N) is 1. The summed E-state index contributed by atoms with van der Waals surface area (Å²) in [5.74, 6) is -2.08. The van der Waals surface area contributed by atoms with Crippen LogP contribution in [0.1, 0.15) is 48.9 Å². The molecule has 0 saturated heterocycles. The van der Waals surface area contributed by atoms with Gasteiger partial charge in [0.25, 0.3) is 11.8 Å². The molecule has 9 heteroatoms. The Kier molecular flexibility index (Phi) is 6.90. The maximum absolute atomic E-state index is 12.7. The molecule has 27 heavy (non-hydrogen) atoms. The van der Waals surface area contributed by atoms with E-state index < -0.39 is 29.9 Å². The fourth-order valence-corrected chi connectivity index (χ4v) is 3.41. The van der Waals surface area contributed by atoms with Crippen molar-refractivity contribution in [3.8, 4) is 11.5 Å². The predicted octanol–water partition coefficient (Wildman–Crippen LogP) is 2.12. The van der Waals surface area contributed by atoms with Crippen LogP contribution in [0.4, 0.5) is 0 Å². The van der Waals surface area contributed by atoms with E-state index in [9.17, 15) is 19.5 Å². The summed E-state index contributed by atoms with van der Waals surface area (Å²) in [5.41, 5.74) is 3.89. The number of aliphatic carboxylic acids is 1. The maximum Gasteiger partial charge on any atom is 0.329 e. The molecule has 0 unspecified atom stereocenters. The third kappa shape index (κ3) is 5.03. The fourth-order valence-electron chi connectivity index (χ4n) is 3.15. The van der Waals surface area contributed by atoms with Crippen molar-refractivity contribution in [3.05, 3.63) is 22.7 Å². The molecule has 4 N–H and O–H groups in total. The molecule has 1 aliphatic carbocycles. The van der Waals surface area contributed by atoms with Crippen molar-refractivity contribution in [1.29, 1.82) is 0 Å². The van der Waals surface area contributed by atoms with E-state index in [1.165, 1.54) is 19.2 Å². The Morgan fingerprint density at radius 2 is 1.85 bits per heavy atom. The van der Waals surface area contributed by atoms with Crippen molar-refractivity contribution in [3.63, 3.8) is 0 Å². The van der Waals surface area contributed by atoms with E-state index in [4.69, 9.17) is 26.8 Å². The van der Waals surface area contributed by atoms with Gasteiger partial charge in [-0.15, -0.1) is 0 Å². The van der Waals surface area contributed by atoms with Crippen LogP contribution in [0.5, 0.6) is 11.5 Å². The highest BCUT2D eigenvalue weighted by Gasteiger charge is 2.40. The van der Waals surface area contributed by atoms with Crippen LogP contribution in [0.25, 0.3) is 0 Å². The number of rotatable bonds is 7. The van der Waals surface area contributed by atoms with Crippen molar-refractivity contribution >= 4 is 29.4 Å². The van der Waals surface area contributed by atoms with Crippen molar-refractivity contribution in [2.24, 2.45) is 5.73 Å². The van der Waals surface area contributed by atoms with Gasteiger partial charge in [0.05, 0.1) is 12.1 Å². The zero-order valence-electron chi connectivity index (χ0n) is 15.0. The zero-order chi connectivity index (χ0) is 20.0. The summed E-state index contributed by atoms with van der Waals surface area (Å²) in [7, 11) is 1.36. The lowest BCUT2D eigenvalue weighted by Crippen LogP contribution is -2.54. The Labute approximate surface area is 162 Å². The minimum absolute atomic E-state index is 0.0472. The van der Waals surface area contributed by atoms with Gasteiger partial charge in [-0.05, 0) is 25.0 Å². The Morgan fingerprint density at radius 1 is 1.22 bits per heavy atom. The van der Waals surface area contributed by atoms with Gasteiger partial charge in [-0.1, -0.05) is 37.3 Å². The van der Waals surface area contributed by atoms with Crippen LogP contribution in [-0.4, -0.2) is 42.1 Å². The fraction of sp³-hybridized carbons (Fsp3) is 0.500. The molecule has 0 spiro atoms. The minimum Gasteiger partial charge on any atom is -0.493 e. The Morgan fingerprint density at radius 3 is 2.37 bits per heavy atom. The lowest BCUT2D eigenvalue weighted by atomic mass is 9.90. The van der Waals surface area contributed by atoms with Gasteiger partial charge in [0, 0.05) is 5.56 Å². The second kappa shape index (κ2) is 8.94. The first-order chi connectivity index (χ1) is 12.8. The Hall–Kier alpha value is -2.48. The molecule has 1 fully saturated rings. The van der Waals surface area contributed by atoms with Crippen molar-refractivity contribution < 1.29 is 29.0 Å². The van der Waals surface area contributed by atoms with Gasteiger partial charge < -0.3 is 25.6 Å². The van der Waals surface area contributed by atoms with Gasteiger partial charge >= 0.3 is 5.97 Å². The first kappa shape index (κ1) is 20.8. The summed E-state index contributed by atoms with van der Waals surface area (Å²) in [6.45, 7) is -0.399. The Balaban J connectivity index is 2.28. The number of carbonyl (C=O) groups is 3. The van der Waals surface area contributed by atoms with E-state index in [2.05, 4.69) is 5.32 Å². The van der Waals surface area contributed by atoms with Crippen LogP contribution >= 0.6 is 11.6 Å². The molecule has 0 atom stereocenters. The van der Waals surface area contributed by atoms with Gasteiger partial charge in [0.2, 0.25) is 0 Å². The molecule has 2 rings (SSSR count). The standard InChI is InChI=1S/C18H23ClN2O6/c1-26-13-9-11(8-12(19)15(13)27-10-14(20)22)16(23)21-18(17(24)25)6-4-2-3-5-7-18/h8-9H,2-7,10H2,1H3,(H2,20,22)(H,21,23)(H,24,25). The van der Waals surface area contributed by atoms with Crippen LogP contribution in [0.15, 0.2) is 12.1 Å². The number of hydrogen-bond donors (Lipinski definition) is 3. The molecule has 0 radical (unpaired) electrons. The number of carboxylic acid groups (broad SMARTS) is 1. The summed E-state index contributed by atoms with van der Waals surface area (Å²) in [5, 5.41) is 12.4. The summed E-state index contributed by atoms with van der Waals surface area (Å²) in [4.78, 5) is 35.5. The highest BCUT2D eigenvalue weighted by Crippen LogP contribution is 2.37. The van der Waals surface area contributed by atoms with E-state index in [1.807, 2.05) is 0 Å². The van der Waals surface area contributed by atoms with Crippen molar-refractivity contribution in [2.45, 2.75) is 44.1 Å². The maximum atomic E-state index is 12.7. The molecule has 0 bridgehead atoms. The van der Waals surface area contributed by atoms with E-state index in [1.54, 1.807) is 0 Å². The largest absolute Gasteiger partial charge is 0.493 e. The van der Waals surface area contributed by atoms with Crippen molar-refractivity contribution in [1.82, 2.24) is 5.32 Å². The second-order valence-corrected chi connectivity index (χ2v) is 6.91. The molecule has 1 saturated carbocycles. The first-order valence-corrected chi connectivity index (χ1v) is 9.01. The SMILES string of the molecule is COc1cc(C(=O)NC2(C(=O)O)CCCCCC2)cc(Cl)c1OCC(N)=O. The highest BCUT2D eigenvalue weighted by atomic mass is 35.5. The smallest absolute Gasteiger partial charge is 0.329 e. The number of amides is 2. The van der Waals surface area contributed by atoms with Gasteiger partial charge in [0.15, 0.2) is 18.1 Å². The van der Waals surface area contributed by atoms with E-state index in [0.29, 0.717) is 12.8 Å². The van der Waals surface area contributed by atoms with Crippen LogP contribution in [0, 0.1) is 0 Å². The van der Waals surface area contributed by atoms with Crippen LogP contribution < -0.4 is 20.5 Å². The van der Waals surface area contributed by atoms with Gasteiger partial charge in [-0.3, -0.25) is 9.59 Å². The van der Waals surface area contributed by atoms with Crippen LogP contribution in [0.3, 0.4) is 0 Å². The van der Waals surface area contributed by atoms with Crippen LogP contribution in [0.2, 0.25) is 5.02 Å². The number of ether oxygens (including phenoxy) is 2. The average molecular weight is 399 g/mol. The summed E-state index contributed by atoms with van der Waals surface area (Å²) < 4.78 is 10.4. The average Bonchev–Trinajstić information content (AvgIpc) is 2.86. The number of primary amides is 1. The molecule has 0 aliphatic heterocycles. The molecular weight excluding hydrogens is 376 g/mol. The molecule has 1 aliphatic rings. The number of hydrogen-bond acceptors (Lipinski definition) is 5. The van der Waals surface area contributed by atoms with E-state index in [0.717, 1.165) is 25.7 Å². The predicted molar refractivity (Wildman–Crippen MR) is 98.2 cm³/mol. The monoisotopic (exact) mass is 398 g/mol. The number of halogens is 1. The summed E-state index contributed by atoms with van der Waals surface area (Å²) >= 11 is 6.15. The number of carbonyl (C=O) groups excluding carboxylic acids is 2. The van der Waals surface area contributed by atoms with E-state index in [-0.39, 0.29) is 22.1 Å². The highest BCUT2D eigenvalue weighted by molar-refractivity contribution is 6.32. The third-order valence-corrected chi connectivity index (χ3v) is 4.85. The lowest BCUT2D eigenvalue weighted by Gasteiger charge is -2.29. The minimum atomic E-state index is -1.30. The zero-order valence-corrected chi connectivity index (χ0v) is 15.8. The summed E-state index contributed by atoms with van der Waals surface area (Å²) in [6.07, 6.45) is 4.09. The molecule has 0 heterocycles. The molecule has 8 nitrogen and oxygen atoms in total. The molecule has 148 valence electrons. The van der Waals surface area contributed by atoms with Gasteiger partial charge in [-0.2, -0.15) is 0 Å². The molecular formula is C18H23ClN2O6. The summed E-state index contributed by atoms with van der Waals surface area (Å²) in [6, 6.07) is 2.71. The number of nitrogens with two attached hydrogens (primary N) is 1. The number of benzene rings is 1. The van der Waals surface area contributed by atoms with E-state index >= 15 is 0 Å². The number of carboxylic acids is 1.